The van der Waals surface area contributed by atoms with Crippen LogP contribution in [0.25, 0.3) is 0 Å². The van der Waals surface area contributed by atoms with E-state index in [1.165, 1.54) is 5.56 Å². The lowest BCUT2D eigenvalue weighted by Crippen LogP contribution is -2.16. The fourth-order valence-corrected chi connectivity index (χ4v) is 1.78. The Bertz CT molecular complexity index is 449. The first-order valence-corrected chi connectivity index (χ1v) is 5.85. The van der Waals surface area contributed by atoms with Gasteiger partial charge in [-0.3, -0.25) is 5.10 Å². The van der Waals surface area contributed by atoms with E-state index in [1.54, 1.807) is 6.20 Å². The zero-order valence-electron chi connectivity index (χ0n) is 9.98. The van der Waals surface area contributed by atoms with Gasteiger partial charge in [0.15, 0.2) is 0 Å². The second kappa shape index (κ2) is 5.39. The molecule has 4 nitrogen and oxygen atoms in total. The molecule has 0 amide bonds. The molecule has 0 bridgehead atoms. The van der Waals surface area contributed by atoms with Gasteiger partial charge in [0.1, 0.15) is 5.82 Å². The third kappa shape index (κ3) is 3.24. The van der Waals surface area contributed by atoms with E-state index < -0.39 is 0 Å². The molecule has 2 aromatic rings. The molecule has 4 N–H and O–H groups in total. The summed E-state index contributed by atoms with van der Waals surface area (Å²) in [5.74, 6) is 0.594. The van der Waals surface area contributed by atoms with Crippen LogP contribution < -0.4 is 11.1 Å². The topological polar surface area (TPSA) is 66.7 Å². The van der Waals surface area contributed by atoms with Crippen LogP contribution in [-0.2, 0) is 6.42 Å². The summed E-state index contributed by atoms with van der Waals surface area (Å²) in [5.41, 5.74) is 7.96. The van der Waals surface area contributed by atoms with E-state index in [1.807, 2.05) is 6.07 Å². The molecule has 1 unspecified atom stereocenters. The molecule has 0 aliphatic rings. The Morgan fingerprint density at radius 3 is 2.76 bits per heavy atom. The van der Waals surface area contributed by atoms with Crippen LogP contribution in [0.3, 0.4) is 0 Å². The largest absolute Gasteiger partial charge is 0.382 e. The van der Waals surface area contributed by atoms with E-state index in [4.69, 9.17) is 5.73 Å². The third-order valence-electron chi connectivity index (χ3n) is 2.78. The number of H-pyrrole nitrogens is 1. The highest BCUT2D eigenvalue weighted by Crippen LogP contribution is 2.16. The fourth-order valence-electron chi connectivity index (χ4n) is 1.78. The summed E-state index contributed by atoms with van der Waals surface area (Å²) >= 11 is 0. The first-order chi connectivity index (χ1) is 8.25. The van der Waals surface area contributed by atoms with Crippen LogP contribution in [0.1, 0.15) is 18.9 Å². The highest BCUT2D eigenvalue weighted by Gasteiger charge is 2.06. The maximum Gasteiger partial charge on any atom is 0.142 e. The number of nitrogens with zero attached hydrogens (tertiary/aromatic N) is 1. The molecule has 1 heterocycles. The molecule has 17 heavy (non-hydrogen) atoms. The van der Waals surface area contributed by atoms with Crippen LogP contribution in [0.2, 0.25) is 0 Å². The van der Waals surface area contributed by atoms with E-state index in [9.17, 15) is 0 Å². The number of aromatic nitrogens is 2. The predicted molar refractivity (Wildman–Crippen MR) is 70.8 cm³/mol. The number of nitrogens with one attached hydrogen (secondary N) is 2. The van der Waals surface area contributed by atoms with Gasteiger partial charge in [-0.25, -0.2) is 0 Å². The van der Waals surface area contributed by atoms with E-state index >= 15 is 0 Å². The minimum Gasteiger partial charge on any atom is -0.382 e. The monoisotopic (exact) mass is 230 g/mol. The standard InChI is InChI=1S/C13H18N4/c1-10(16-12-9-15-17-13(12)14)7-8-11-5-3-2-4-6-11/h2-6,9-10,16H,7-8H2,1H3,(H3,14,15,17). The second-order valence-corrected chi connectivity index (χ2v) is 4.27. The van der Waals surface area contributed by atoms with E-state index in [0.29, 0.717) is 11.9 Å². The first-order valence-electron chi connectivity index (χ1n) is 5.85. The highest BCUT2D eigenvalue weighted by molar-refractivity contribution is 5.60. The van der Waals surface area contributed by atoms with Crippen molar-refractivity contribution in [2.45, 2.75) is 25.8 Å². The van der Waals surface area contributed by atoms with Crippen LogP contribution in [-0.4, -0.2) is 16.2 Å². The quantitative estimate of drug-likeness (QED) is 0.739. The molecule has 0 radical (unpaired) electrons. The number of hydrogen-bond donors (Lipinski definition) is 3. The fraction of sp³-hybridized carbons (Fsp3) is 0.308. The van der Waals surface area contributed by atoms with E-state index in [0.717, 1.165) is 18.5 Å². The van der Waals surface area contributed by atoms with Crippen molar-refractivity contribution in [2.24, 2.45) is 0 Å². The predicted octanol–water partition coefficient (Wildman–Crippen LogP) is 2.43. The maximum absolute atomic E-state index is 5.72. The van der Waals surface area contributed by atoms with E-state index in [2.05, 4.69) is 46.7 Å². The van der Waals surface area contributed by atoms with Crippen LogP contribution in [0.15, 0.2) is 36.5 Å². The van der Waals surface area contributed by atoms with Gasteiger partial charge in [-0.2, -0.15) is 5.10 Å². The second-order valence-electron chi connectivity index (χ2n) is 4.27. The lowest BCUT2D eigenvalue weighted by atomic mass is 10.1. The van der Waals surface area contributed by atoms with Gasteiger partial charge in [0.2, 0.25) is 0 Å². The molecule has 0 saturated carbocycles. The van der Waals surface area contributed by atoms with Gasteiger partial charge in [-0.15, -0.1) is 0 Å². The minimum atomic E-state index is 0.370. The number of nitrogen functional groups attached to an aromatic ring is 1. The molecule has 0 aliphatic carbocycles. The zero-order valence-corrected chi connectivity index (χ0v) is 9.98. The van der Waals surface area contributed by atoms with E-state index in [-0.39, 0.29) is 0 Å². The van der Waals surface area contributed by atoms with Gasteiger partial charge in [-0.1, -0.05) is 30.3 Å². The molecule has 1 aromatic carbocycles. The average Bonchev–Trinajstić information content (AvgIpc) is 2.74. The summed E-state index contributed by atoms with van der Waals surface area (Å²) in [4.78, 5) is 0. The Hall–Kier alpha value is -1.97. The molecular formula is C13H18N4. The molecule has 0 spiro atoms. The van der Waals surface area contributed by atoms with Crippen molar-refractivity contribution in [3.63, 3.8) is 0 Å². The molecular weight excluding hydrogens is 212 g/mol. The third-order valence-corrected chi connectivity index (χ3v) is 2.78. The summed E-state index contributed by atoms with van der Waals surface area (Å²) < 4.78 is 0. The van der Waals surface area contributed by atoms with Crippen molar-refractivity contribution < 1.29 is 0 Å². The van der Waals surface area contributed by atoms with Crippen molar-refractivity contribution in [3.8, 4) is 0 Å². The van der Waals surface area contributed by atoms with Crippen LogP contribution in [0, 0.1) is 0 Å². The molecule has 2 rings (SSSR count). The van der Waals surface area contributed by atoms with Gasteiger partial charge in [0.25, 0.3) is 0 Å². The number of benzene rings is 1. The Morgan fingerprint density at radius 2 is 2.12 bits per heavy atom. The van der Waals surface area contributed by atoms with Crippen molar-refractivity contribution in [1.29, 1.82) is 0 Å². The van der Waals surface area contributed by atoms with Gasteiger partial charge >= 0.3 is 0 Å². The first kappa shape index (κ1) is 11.5. The smallest absolute Gasteiger partial charge is 0.142 e. The Balaban J connectivity index is 1.82. The minimum absolute atomic E-state index is 0.370. The van der Waals surface area contributed by atoms with Crippen molar-refractivity contribution >= 4 is 11.5 Å². The summed E-state index contributed by atoms with van der Waals surface area (Å²) in [7, 11) is 0. The molecule has 0 saturated heterocycles. The molecule has 4 heteroatoms. The van der Waals surface area contributed by atoms with Gasteiger partial charge < -0.3 is 11.1 Å². The summed E-state index contributed by atoms with van der Waals surface area (Å²) in [5, 5.41) is 9.94. The van der Waals surface area contributed by atoms with Crippen molar-refractivity contribution in [1.82, 2.24) is 10.2 Å². The van der Waals surface area contributed by atoms with Crippen molar-refractivity contribution in [3.05, 3.63) is 42.1 Å². The average molecular weight is 230 g/mol. The summed E-state index contributed by atoms with van der Waals surface area (Å²) in [6.45, 7) is 2.15. The molecule has 1 atom stereocenters. The SMILES string of the molecule is CC(CCc1ccccc1)Nc1cn[nH]c1N. The lowest BCUT2D eigenvalue weighted by molar-refractivity contribution is 0.706. The Labute approximate surface area is 101 Å². The van der Waals surface area contributed by atoms with Gasteiger partial charge in [-0.05, 0) is 25.3 Å². The number of nitrogens with two attached hydrogens (primary N) is 1. The van der Waals surface area contributed by atoms with Crippen LogP contribution in [0.5, 0.6) is 0 Å². The Kier molecular flexibility index (Phi) is 3.65. The molecule has 0 fully saturated rings. The number of rotatable bonds is 5. The zero-order chi connectivity index (χ0) is 12.1. The van der Waals surface area contributed by atoms with Crippen LogP contribution >= 0.6 is 0 Å². The van der Waals surface area contributed by atoms with Crippen LogP contribution in [0.4, 0.5) is 11.5 Å². The summed E-state index contributed by atoms with van der Waals surface area (Å²) in [6.07, 6.45) is 3.84. The van der Waals surface area contributed by atoms with Gasteiger partial charge in [0, 0.05) is 6.04 Å². The number of aryl methyl sites for hydroxylation is 1. The van der Waals surface area contributed by atoms with Gasteiger partial charge in [0.05, 0.1) is 11.9 Å². The summed E-state index contributed by atoms with van der Waals surface area (Å²) in [6, 6.07) is 10.9. The Morgan fingerprint density at radius 1 is 1.35 bits per heavy atom. The molecule has 0 aliphatic heterocycles. The molecule has 1 aromatic heterocycles. The number of aromatic amines is 1. The normalized spacial score (nSPS) is 12.3. The molecule has 90 valence electrons. The number of hydrogen-bond acceptors (Lipinski definition) is 3. The lowest BCUT2D eigenvalue weighted by Gasteiger charge is -2.14. The van der Waals surface area contributed by atoms with Crippen molar-refractivity contribution in [2.75, 3.05) is 11.1 Å². The maximum atomic E-state index is 5.72. The number of anilines is 2. The highest BCUT2D eigenvalue weighted by atomic mass is 15.2.